The summed E-state index contributed by atoms with van der Waals surface area (Å²) in [6.07, 6.45) is 2.27. The molecule has 28 heavy (non-hydrogen) atoms. The smallest absolute Gasteiger partial charge is 0.0607 e. The fourth-order valence-electron chi connectivity index (χ4n) is 3.98. The summed E-state index contributed by atoms with van der Waals surface area (Å²) in [5.41, 5.74) is 9.99. The molecule has 0 atom stereocenters. The van der Waals surface area contributed by atoms with Gasteiger partial charge in [-0.05, 0) is 46.9 Å². The quantitative estimate of drug-likeness (QED) is 0.319. The zero-order valence-corrected chi connectivity index (χ0v) is 15.8. The first-order valence-electron chi connectivity index (χ1n) is 9.63. The van der Waals surface area contributed by atoms with Gasteiger partial charge in [-0.15, -0.1) is 0 Å². The third kappa shape index (κ3) is 2.82. The van der Waals surface area contributed by atoms with Gasteiger partial charge >= 0.3 is 0 Å². The summed E-state index contributed by atoms with van der Waals surface area (Å²) in [4.78, 5) is 0. The van der Waals surface area contributed by atoms with Crippen LogP contribution in [0.5, 0.6) is 0 Å². The van der Waals surface area contributed by atoms with Crippen molar-refractivity contribution in [3.8, 4) is 33.5 Å². The second-order valence-electron chi connectivity index (χ2n) is 7.17. The van der Waals surface area contributed by atoms with Gasteiger partial charge in [-0.25, -0.2) is 0 Å². The Hall–Kier alpha value is -3.58. The number of hydrogen-bond donors (Lipinski definition) is 0. The van der Waals surface area contributed by atoms with Gasteiger partial charge in [0.1, 0.15) is 0 Å². The summed E-state index contributed by atoms with van der Waals surface area (Å²) in [5.74, 6) is 0. The largest absolute Gasteiger partial charge is 0.316 e. The Labute approximate surface area is 165 Å². The number of rotatable bonds is 3. The summed E-state index contributed by atoms with van der Waals surface area (Å²) < 4.78 is 2.33. The van der Waals surface area contributed by atoms with Crippen molar-refractivity contribution < 1.29 is 0 Å². The van der Waals surface area contributed by atoms with Crippen LogP contribution in [0.25, 0.3) is 39.0 Å². The van der Waals surface area contributed by atoms with Crippen molar-refractivity contribution >= 4 is 5.52 Å². The third-order valence-corrected chi connectivity index (χ3v) is 5.32. The SMILES string of the molecule is Cc1cn2c(-c3ccccc3)c(-c3ccccc3)cc2cc1-c1ccccc1. The van der Waals surface area contributed by atoms with Crippen LogP contribution in [0, 0.1) is 6.92 Å². The molecule has 0 saturated heterocycles. The molecular weight excluding hydrogens is 338 g/mol. The molecule has 0 fully saturated rings. The van der Waals surface area contributed by atoms with E-state index in [-0.39, 0.29) is 0 Å². The van der Waals surface area contributed by atoms with Crippen LogP contribution in [0.4, 0.5) is 0 Å². The third-order valence-electron chi connectivity index (χ3n) is 5.32. The lowest BCUT2D eigenvalue weighted by Gasteiger charge is -2.11. The van der Waals surface area contributed by atoms with Gasteiger partial charge in [0, 0.05) is 17.3 Å². The number of hydrogen-bond acceptors (Lipinski definition) is 0. The first kappa shape index (κ1) is 16.6. The summed E-state index contributed by atoms with van der Waals surface area (Å²) >= 11 is 0. The van der Waals surface area contributed by atoms with E-state index in [0.29, 0.717) is 0 Å². The van der Waals surface area contributed by atoms with E-state index >= 15 is 0 Å². The number of fused-ring (bicyclic) bond motifs is 1. The highest BCUT2D eigenvalue weighted by Crippen LogP contribution is 2.37. The highest BCUT2D eigenvalue weighted by Gasteiger charge is 2.15. The molecule has 1 nitrogen and oxygen atoms in total. The Kier molecular flexibility index (Phi) is 4.06. The van der Waals surface area contributed by atoms with Crippen molar-refractivity contribution in [2.24, 2.45) is 0 Å². The van der Waals surface area contributed by atoms with Gasteiger partial charge in [0.2, 0.25) is 0 Å². The maximum Gasteiger partial charge on any atom is 0.0607 e. The first-order valence-corrected chi connectivity index (χ1v) is 9.63. The van der Waals surface area contributed by atoms with Gasteiger partial charge < -0.3 is 4.40 Å². The molecule has 2 aromatic heterocycles. The van der Waals surface area contributed by atoms with Crippen molar-refractivity contribution in [2.45, 2.75) is 6.92 Å². The number of pyridine rings is 1. The van der Waals surface area contributed by atoms with E-state index in [9.17, 15) is 0 Å². The van der Waals surface area contributed by atoms with Crippen LogP contribution in [0.15, 0.2) is 109 Å². The Morgan fingerprint density at radius 1 is 0.536 bits per heavy atom. The van der Waals surface area contributed by atoms with E-state index in [0.717, 1.165) is 0 Å². The van der Waals surface area contributed by atoms with Crippen molar-refractivity contribution in [2.75, 3.05) is 0 Å². The summed E-state index contributed by atoms with van der Waals surface area (Å²) in [6.45, 7) is 2.19. The topological polar surface area (TPSA) is 4.41 Å². The second kappa shape index (κ2) is 6.86. The minimum Gasteiger partial charge on any atom is -0.316 e. The molecular formula is C27H21N. The zero-order valence-electron chi connectivity index (χ0n) is 15.8. The molecule has 0 bridgehead atoms. The molecule has 0 N–H and O–H groups in total. The average Bonchev–Trinajstić information content (AvgIpc) is 3.13. The molecule has 0 aliphatic carbocycles. The molecule has 0 radical (unpaired) electrons. The van der Waals surface area contributed by atoms with Crippen LogP contribution in [-0.2, 0) is 0 Å². The predicted octanol–water partition coefficient (Wildman–Crippen LogP) is 7.25. The molecule has 5 rings (SSSR count). The van der Waals surface area contributed by atoms with Crippen LogP contribution in [0.2, 0.25) is 0 Å². The summed E-state index contributed by atoms with van der Waals surface area (Å²) in [5, 5.41) is 0. The molecule has 3 aromatic carbocycles. The fraction of sp³-hybridized carbons (Fsp3) is 0.0370. The first-order chi connectivity index (χ1) is 13.8. The van der Waals surface area contributed by atoms with E-state index in [2.05, 4.69) is 121 Å². The van der Waals surface area contributed by atoms with Crippen molar-refractivity contribution in [3.05, 3.63) is 115 Å². The van der Waals surface area contributed by atoms with Gasteiger partial charge in [-0.3, -0.25) is 0 Å². The van der Waals surface area contributed by atoms with Gasteiger partial charge in [-0.1, -0.05) is 91.0 Å². The predicted molar refractivity (Wildman–Crippen MR) is 118 cm³/mol. The highest BCUT2D eigenvalue weighted by atomic mass is 14.9. The number of benzene rings is 3. The lowest BCUT2D eigenvalue weighted by atomic mass is 10.0. The normalized spacial score (nSPS) is 11.0. The molecule has 1 heteroatoms. The van der Waals surface area contributed by atoms with Crippen LogP contribution in [0.1, 0.15) is 5.56 Å². The van der Waals surface area contributed by atoms with Crippen LogP contribution in [-0.4, -0.2) is 4.40 Å². The van der Waals surface area contributed by atoms with E-state index < -0.39 is 0 Å². The molecule has 0 amide bonds. The van der Waals surface area contributed by atoms with Crippen LogP contribution < -0.4 is 0 Å². The van der Waals surface area contributed by atoms with Crippen LogP contribution >= 0.6 is 0 Å². The number of aromatic nitrogens is 1. The zero-order chi connectivity index (χ0) is 18.9. The van der Waals surface area contributed by atoms with E-state index in [1.165, 1.54) is 44.6 Å². The minimum atomic E-state index is 1.21. The standard InChI is InChI=1S/C27H21N/c1-20-19-28-24(17-25(20)21-11-5-2-6-12-21)18-26(22-13-7-3-8-14-22)27(28)23-15-9-4-10-16-23/h2-19H,1H3. The fourth-order valence-corrected chi connectivity index (χ4v) is 3.98. The van der Waals surface area contributed by atoms with Crippen LogP contribution in [0.3, 0.4) is 0 Å². The van der Waals surface area contributed by atoms with Crippen molar-refractivity contribution in [3.63, 3.8) is 0 Å². The molecule has 0 aliphatic heterocycles. The highest BCUT2D eigenvalue weighted by molar-refractivity contribution is 5.88. The molecule has 134 valence electrons. The lowest BCUT2D eigenvalue weighted by molar-refractivity contribution is 1.17. The van der Waals surface area contributed by atoms with E-state index in [1.807, 2.05) is 0 Å². The second-order valence-corrected chi connectivity index (χ2v) is 7.17. The van der Waals surface area contributed by atoms with Gasteiger partial charge in [0.25, 0.3) is 0 Å². The maximum absolute atomic E-state index is 2.33. The van der Waals surface area contributed by atoms with Gasteiger partial charge in [-0.2, -0.15) is 0 Å². The molecule has 5 aromatic rings. The van der Waals surface area contributed by atoms with Gasteiger partial charge in [0.15, 0.2) is 0 Å². The molecule has 0 spiro atoms. The summed E-state index contributed by atoms with van der Waals surface area (Å²) in [7, 11) is 0. The minimum absolute atomic E-state index is 1.21. The summed E-state index contributed by atoms with van der Waals surface area (Å²) in [6, 6.07) is 36.5. The van der Waals surface area contributed by atoms with E-state index in [4.69, 9.17) is 0 Å². The average molecular weight is 359 g/mol. The molecule has 0 saturated carbocycles. The van der Waals surface area contributed by atoms with Gasteiger partial charge in [0.05, 0.1) is 5.69 Å². The molecule has 0 aliphatic rings. The number of aryl methyl sites for hydroxylation is 1. The maximum atomic E-state index is 2.33. The Balaban J connectivity index is 1.81. The Morgan fingerprint density at radius 3 is 1.57 bits per heavy atom. The lowest BCUT2D eigenvalue weighted by Crippen LogP contribution is -1.93. The monoisotopic (exact) mass is 359 g/mol. The van der Waals surface area contributed by atoms with Crippen molar-refractivity contribution in [1.29, 1.82) is 0 Å². The Bertz CT molecular complexity index is 1230. The Morgan fingerprint density at radius 2 is 1.00 bits per heavy atom. The number of nitrogens with zero attached hydrogens (tertiary/aromatic N) is 1. The van der Waals surface area contributed by atoms with E-state index in [1.54, 1.807) is 0 Å². The molecule has 0 unspecified atom stereocenters. The van der Waals surface area contributed by atoms with Crippen molar-refractivity contribution in [1.82, 2.24) is 4.40 Å². The molecule has 2 heterocycles.